The number of nitrogens with one attached hydrogen (secondary N) is 1. The van der Waals surface area contributed by atoms with Gasteiger partial charge >= 0.3 is 0 Å². The maximum absolute atomic E-state index is 11.7. The maximum atomic E-state index is 11.7. The molecule has 8 nitrogen and oxygen atoms in total. The SMILES string of the molecule is NC(N)=NCCCC[C@H](N)C(=O)C(=O)CNC(=O)CCS. The Labute approximate surface area is 129 Å². The Kier molecular flexibility index (Phi) is 10.2. The van der Waals surface area contributed by atoms with Crippen LogP contribution in [0.2, 0.25) is 0 Å². The number of thiol groups is 1. The van der Waals surface area contributed by atoms with E-state index in [9.17, 15) is 14.4 Å². The minimum atomic E-state index is -0.863. The molecule has 21 heavy (non-hydrogen) atoms. The number of aliphatic imine (C=N–C) groups is 1. The van der Waals surface area contributed by atoms with Crippen LogP contribution < -0.4 is 22.5 Å². The molecule has 120 valence electrons. The lowest BCUT2D eigenvalue weighted by atomic mass is 10.0. The summed E-state index contributed by atoms with van der Waals surface area (Å²) in [6.45, 7) is 0.129. The summed E-state index contributed by atoms with van der Waals surface area (Å²) in [6.07, 6.45) is 1.87. The predicted octanol–water partition coefficient (Wildman–Crippen LogP) is -1.67. The van der Waals surface area contributed by atoms with Crippen LogP contribution in [0.25, 0.3) is 0 Å². The van der Waals surface area contributed by atoms with Crippen LogP contribution in [-0.4, -0.2) is 48.3 Å². The number of guanidine groups is 1. The van der Waals surface area contributed by atoms with Gasteiger partial charge in [-0.3, -0.25) is 19.4 Å². The van der Waals surface area contributed by atoms with Crippen LogP contribution in [0.3, 0.4) is 0 Å². The molecule has 0 aliphatic heterocycles. The van der Waals surface area contributed by atoms with Crippen LogP contribution in [-0.2, 0) is 14.4 Å². The zero-order chi connectivity index (χ0) is 16.3. The number of carbonyl (C=O) groups is 3. The van der Waals surface area contributed by atoms with Crippen molar-refractivity contribution in [2.24, 2.45) is 22.2 Å². The molecule has 0 aliphatic carbocycles. The van der Waals surface area contributed by atoms with Gasteiger partial charge in [-0.1, -0.05) is 0 Å². The number of nitrogens with zero attached hydrogens (tertiary/aromatic N) is 1. The summed E-state index contributed by atoms with van der Waals surface area (Å²) >= 11 is 3.89. The molecular formula is C12H23N5O3S. The summed E-state index contributed by atoms with van der Waals surface area (Å²) in [5.74, 6) is -1.30. The summed E-state index contributed by atoms with van der Waals surface area (Å²) < 4.78 is 0. The number of carbonyl (C=O) groups excluding carboxylic acids is 3. The summed E-state index contributed by atoms with van der Waals surface area (Å²) in [5.41, 5.74) is 16.0. The molecule has 0 aromatic heterocycles. The molecule has 0 saturated heterocycles. The van der Waals surface area contributed by atoms with E-state index in [2.05, 4.69) is 22.9 Å². The second kappa shape index (κ2) is 11.1. The number of unbranched alkanes of at least 4 members (excludes halogenated alkanes) is 1. The van der Waals surface area contributed by atoms with Crippen molar-refractivity contribution in [3.63, 3.8) is 0 Å². The standard InChI is InChI=1S/C12H23N5O3S/c13-8(3-1-2-5-16-12(14)15)11(20)9(18)7-17-10(19)4-6-21/h8,21H,1-7,13H2,(H,17,19)(H4,14,15,16)/t8-/m0/s1. The second-order valence-corrected chi connectivity index (χ2v) is 4.89. The molecule has 1 amide bonds. The van der Waals surface area contributed by atoms with Crippen LogP contribution in [0.5, 0.6) is 0 Å². The molecule has 1 atom stereocenters. The molecule has 0 radical (unpaired) electrons. The van der Waals surface area contributed by atoms with Crippen molar-refractivity contribution in [2.75, 3.05) is 18.8 Å². The van der Waals surface area contributed by atoms with Gasteiger partial charge in [0.1, 0.15) is 0 Å². The molecule has 0 bridgehead atoms. The third-order valence-electron chi connectivity index (χ3n) is 2.61. The van der Waals surface area contributed by atoms with Gasteiger partial charge in [-0.15, -0.1) is 0 Å². The van der Waals surface area contributed by atoms with E-state index in [0.717, 1.165) is 0 Å². The van der Waals surface area contributed by atoms with Crippen LogP contribution in [0.1, 0.15) is 25.7 Å². The molecule has 9 heteroatoms. The van der Waals surface area contributed by atoms with Crippen LogP contribution >= 0.6 is 12.6 Å². The average Bonchev–Trinajstić information content (AvgIpc) is 2.43. The van der Waals surface area contributed by atoms with Gasteiger partial charge in [-0.25, -0.2) is 0 Å². The van der Waals surface area contributed by atoms with E-state index in [1.165, 1.54) is 0 Å². The van der Waals surface area contributed by atoms with Gasteiger partial charge in [0, 0.05) is 13.0 Å². The van der Waals surface area contributed by atoms with Crippen LogP contribution in [0.4, 0.5) is 0 Å². The Morgan fingerprint density at radius 2 is 1.86 bits per heavy atom. The van der Waals surface area contributed by atoms with Crippen molar-refractivity contribution in [2.45, 2.75) is 31.7 Å². The summed E-state index contributed by atoms with van der Waals surface area (Å²) in [7, 11) is 0. The Hall–Kier alpha value is -1.61. The number of amides is 1. The van der Waals surface area contributed by atoms with Gasteiger partial charge < -0.3 is 22.5 Å². The van der Waals surface area contributed by atoms with Crippen molar-refractivity contribution in [1.82, 2.24) is 5.32 Å². The lowest BCUT2D eigenvalue weighted by Crippen LogP contribution is -2.41. The van der Waals surface area contributed by atoms with E-state index in [0.29, 0.717) is 31.6 Å². The normalized spacial score (nSPS) is 11.5. The third-order valence-corrected chi connectivity index (χ3v) is 2.84. The minimum Gasteiger partial charge on any atom is -0.370 e. The molecule has 0 aromatic carbocycles. The first-order valence-electron chi connectivity index (χ1n) is 6.64. The van der Waals surface area contributed by atoms with E-state index in [-0.39, 0.29) is 24.8 Å². The molecular weight excluding hydrogens is 294 g/mol. The largest absolute Gasteiger partial charge is 0.370 e. The van der Waals surface area contributed by atoms with Gasteiger partial charge in [0.05, 0.1) is 12.6 Å². The highest BCUT2D eigenvalue weighted by Gasteiger charge is 2.21. The fraction of sp³-hybridized carbons (Fsp3) is 0.667. The second-order valence-electron chi connectivity index (χ2n) is 4.45. The summed E-state index contributed by atoms with van der Waals surface area (Å²) in [6, 6.07) is -0.863. The molecule has 0 saturated carbocycles. The highest BCUT2D eigenvalue weighted by Crippen LogP contribution is 2.01. The van der Waals surface area contributed by atoms with E-state index in [4.69, 9.17) is 17.2 Å². The van der Waals surface area contributed by atoms with E-state index >= 15 is 0 Å². The molecule has 0 aromatic rings. The Morgan fingerprint density at radius 3 is 2.43 bits per heavy atom. The smallest absolute Gasteiger partial charge is 0.221 e. The highest BCUT2D eigenvalue weighted by atomic mass is 32.1. The quantitative estimate of drug-likeness (QED) is 0.101. The first kappa shape index (κ1) is 19.4. The summed E-state index contributed by atoms with van der Waals surface area (Å²) in [4.78, 5) is 38.2. The highest BCUT2D eigenvalue weighted by molar-refractivity contribution is 7.80. The molecule has 7 N–H and O–H groups in total. The zero-order valence-electron chi connectivity index (χ0n) is 11.9. The number of ketones is 2. The summed E-state index contributed by atoms with van der Waals surface area (Å²) in [5, 5.41) is 2.35. The Balaban J connectivity index is 3.94. The molecule has 0 heterocycles. The number of hydrogen-bond acceptors (Lipinski definition) is 6. The van der Waals surface area contributed by atoms with Crippen molar-refractivity contribution in [3.8, 4) is 0 Å². The number of nitrogens with two attached hydrogens (primary N) is 3. The van der Waals surface area contributed by atoms with Crippen molar-refractivity contribution in [1.29, 1.82) is 0 Å². The first-order chi connectivity index (χ1) is 9.88. The topological polar surface area (TPSA) is 154 Å². The number of hydrogen-bond donors (Lipinski definition) is 5. The van der Waals surface area contributed by atoms with Gasteiger partial charge in [0.2, 0.25) is 17.5 Å². The molecule has 0 spiro atoms. The fourth-order valence-corrected chi connectivity index (χ4v) is 1.68. The predicted molar refractivity (Wildman–Crippen MR) is 84.0 cm³/mol. The van der Waals surface area contributed by atoms with Gasteiger partial charge in [-0.05, 0) is 25.0 Å². The lowest BCUT2D eigenvalue weighted by molar-refractivity contribution is -0.137. The third kappa shape index (κ3) is 9.85. The van der Waals surface area contributed by atoms with Crippen molar-refractivity contribution >= 4 is 36.1 Å². The van der Waals surface area contributed by atoms with E-state index in [1.807, 2.05) is 0 Å². The monoisotopic (exact) mass is 317 g/mol. The van der Waals surface area contributed by atoms with Gasteiger partial charge in [0.25, 0.3) is 0 Å². The molecule has 0 unspecified atom stereocenters. The maximum Gasteiger partial charge on any atom is 0.221 e. The molecule has 0 fully saturated rings. The van der Waals surface area contributed by atoms with Crippen LogP contribution in [0.15, 0.2) is 4.99 Å². The lowest BCUT2D eigenvalue weighted by Gasteiger charge is -2.09. The van der Waals surface area contributed by atoms with Gasteiger partial charge in [0.15, 0.2) is 5.96 Å². The fourth-order valence-electron chi connectivity index (χ4n) is 1.48. The van der Waals surface area contributed by atoms with Crippen molar-refractivity contribution in [3.05, 3.63) is 0 Å². The average molecular weight is 317 g/mol. The molecule has 0 aliphatic rings. The number of Topliss-reactive ketones (excluding diaryl/α,β-unsaturated/α-hetero) is 2. The Morgan fingerprint density at radius 1 is 1.19 bits per heavy atom. The van der Waals surface area contributed by atoms with E-state index in [1.54, 1.807) is 0 Å². The first-order valence-corrected chi connectivity index (χ1v) is 7.27. The van der Waals surface area contributed by atoms with Crippen LogP contribution in [0, 0.1) is 0 Å². The Bertz CT molecular complexity index is 396. The van der Waals surface area contributed by atoms with Crippen molar-refractivity contribution < 1.29 is 14.4 Å². The van der Waals surface area contributed by atoms with E-state index < -0.39 is 17.6 Å². The van der Waals surface area contributed by atoms with Gasteiger partial charge in [-0.2, -0.15) is 12.6 Å². The zero-order valence-corrected chi connectivity index (χ0v) is 12.8. The number of rotatable bonds is 11. The molecule has 0 rings (SSSR count). The minimum absolute atomic E-state index is 0.0162.